The van der Waals surface area contributed by atoms with Crippen LogP contribution in [0.5, 0.6) is 0 Å². The van der Waals surface area contributed by atoms with Gasteiger partial charge in [0, 0.05) is 5.92 Å². The average molecular weight is 277 g/mol. The summed E-state index contributed by atoms with van der Waals surface area (Å²) in [5, 5.41) is 9.64. The molecule has 21 heavy (non-hydrogen) atoms. The predicted molar refractivity (Wildman–Crippen MR) is 77.1 cm³/mol. The lowest BCUT2D eigenvalue weighted by Gasteiger charge is -2.05. The van der Waals surface area contributed by atoms with Crippen LogP contribution >= 0.6 is 0 Å². The van der Waals surface area contributed by atoms with E-state index in [0.29, 0.717) is 5.82 Å². The molecule has 0 saturated heterocycles. The predicted octanol–water partition coefficient (Wildman–Crippen LogP) is 3.65. The van der Waals surface area contributed by atoms with Gasteiger partial charge >= 0.3 is 0 Å². The second-order valence-electron chi connectivity index (χ2n) is 5.49. The summed E-state index contributed by atoms with van der Waals surface area (Å²) in [4.78, 5) is 7.81. The van der Waals surface area contributed by atoms with Crippen molar-refractivity contribution in [3.8, 4) is 6.07 Å². The quantitative estimate of drug-likeness (QED) is 0.777. The summed E-state index contributed by atoms with van der Waals surface area (Å²) < 4.78 is 13.0. The molecule has 0 spiro atoms. The van der Waals surface area contributed by atoms with Gasteiger partial charge in [-0.3, -0.25) is 0 Å². The maximum Gasteiger partial charge on any atom is 0.128 e. The van der Waals surface area contributed by atoms with Crippen molar-refractivity contribution in [2.24, 2.45) is 0 Å². The third kappa shape index (κ3) is 1.74. The van der Waals surface area contributed by atoms with Crippen molar-refractivity contribution in [1.29, 1.82) is 5.26 Å². The highest BCUT2D eigenvalue weighted by Gasteiger charge is 2.59. The van der Waals surface area contributed by atoms with Gasteiger partial charge in [-0.05, 0) is 36.2 Å². The fourth-order valence-corrected chi connectivity index (χ4v) is 2.96. The largest absolute Gasteiger partial charge is 0.341 e. The minimum Gasteiger partial charge on any atom is -0.341 e. The molecule has 1 heterocycles. The molecule has 1 aliphatic carbocycles. The number of hydrogen-bond donors (Lipinski definition) is 1. The van der Waals surface area contributed by atoms with Crippen LogP contribution in [0.25, 0.3) is 11.0 Å². The molecule has 2 aromatic carbocycles. The Bertz CT molecular complexity index is 827. The number of nitrogens with one attached hydrogen (secondary N) is 1. The van der Waals surface area contributed by atoms with Gasteiger partial charge in [0.25, 0.3) is 0 Å². The number of hydrogen-bond acceptors (Lipinski definition) is 2. The topological polar surface area (TPSA) is 52.5 Å². The van der Waals surface area contributed by atoms with Crippen LogP contribution < -0.4 is 0 Å². The third-order valence-corrected chi connectivity index (χ3v) is 4.24. The summed E-state index contributed by atoms with van der Waals surface area (Å²) in [5.74, 6) is 0.523. The van der Waals surface area contributed by atoms with Crippen molar-refractivity contribution in [1.82, 2.24) is 9.97 Å². The third-order valence-electron chi connectivity index (χ3n) is 4.24. The van der Waals surface area contributed by atoms with Gasteiger partial charge in [-0.15, -0.1) is 0 Å². The minimum atomic E-state index is -0.614. The lowest BCUT2D eigenvalue weighted by atomic mass is 10.00. The number of aromatic nitrogens is 2. The van der Waals surface area contributed by atoms with E-state index in [1.54, 1.807) is 12.1 Å². The average Bonchev–Trinajstić information content (AvgIpc) is 3.10. The summed E-state index contributed by atoms with van der Waals surface area (Å²) in [6.07, 6.45) is 0.717. The van der Waals surface area contributed by atoms with Crippen LogP contribution in [-0.2, 0) is 5.41 Å². The first-order valence-corrected chi connectivity index (χ1v) is 6.85. The van der Waals surface area contributed by atoms with Gasteiger partial charge in [0.2, 0.25) is 0 Å². The number of nitriles is 1. The first kappa shape index (κ1) is 12.1. The van der Waals surface area contributed by atoms with Gasteiger partial charge in [0.1, 0.15) is 17.1 Å². The Morgan fingerprint density at radius 3 is 2.67 bits per heavy atom. The molecule has 0 aliphatic heterocycles. The van der Waals surface area contributed by atoms with E-state index in [1.807, 2.05) is 24.3 Å². The molecular weight excluding hydrogens is 265 g/mol. The van der Waals surface area contributed by atoms with Crippen LogP contribution in [0.2, 0.25) is 0 Å². The van der Waals surface area contributed by atoms with Crippen LogP contribution in [0.15, 0.2) is 48.5 Å². The van der Waals surface area contributed by atoms with E-state index in [9.17, 15) is 9.65 Å². The number of para-hydroxylation sites is 2. The first-order chi connectivity index (χ1) is 10.2. The van der Waals surface area contributed by atoms with E-state index in [1.165, 1.54) is 12.1 Å². The Hall–Kier alpha value is -2.67. The molecule has 0 amide bonds. The van der Waals surface area contributed by atoms with Gasteiger partial charge in [-0.2, -0.15) is 5.26 Å². The maximum atomic E-state index is 13.0. The lowest BCUT2D eigenvalue weighted by Crippen LogP contribution is -2.08. The Labute approximate surface area is 121 Å². The maximum absolute atomic E-state index is 13.0. The van der Waals surface area contributed by atoms with Gasteiger partial charge in [-0.1, -0.05) is 24.3 Å². The fourth-order valence-electron chi connectivity index (χ4n) is 2.96. The van der Waals surface area contributed by atoms with Crippen LogP contribution in [-0.4, -0.2) is 9.97 Å². The van der Waals surface area contributed by atoms with Crippen molar-refractivity contribution < 1.29 is 4.39 Å². The van der Waals surface area contributed by atoms with Crippen LogP contribution in [0, 0.1) is 17.1 Å². The van der Waals surface area contributed by atoms with Crippen molar-refractivity contribution in [3.63, 3.8) is 0 Å². The van der Waals surface area contributed by atoms with E-state index in [-0.39, 0.29) is 11.7 Å². The highest BCUT2D eigenvalue weighted by molar-refractivity contribution is 5.75. The Morgan fingerprint density at radius 1 is 1.19 bits per heavy atom. The molecular formula is C17H12FN3. The summed E-state index contributed by atoms with van der Waals surface area (Å²) in [5.41, 5.74) is 2.17. The molecule has 3 nitrogen and oxygen atoms in total. The van der Waals surface area contributed by atoms with Crippen molar-refractivity contribution in [2.45, 2.75) is 17.8 Å². The van der Waals surface area contributed by atoms with Gasteiger partial charge in [0.05, 0.1) is 17.1 Å². The Kier molecular flexibility index (Phi) is 2.40. The monoisotopic (exact) mass is 277 g/mol. The van der Waals surface area contributed by atoms with Crippen molar-refractivity contribution >= 4 is 11.0 Å². The molecule has 102 valence electrons. The molecule has 1 aromatic heterocycles. The number of nitrogens with zero attached hydrogens (tertiary/aromatic N) is 2. The summed E-state index contributed by atoms with van der Waals surface area (Å²) in [6, 6.07) is 16.5. The second kappa shape index (κ2) is 4.16. The SMILES string of the molecule is N#C[C@]1(c2nc3ccccc3[nH]2)C[C@H]1c1ccc(F)cc1. The Morgan fingerprint density at radius 2 is 1.95 bits per heavy atom. The molecule has 0 radical (unpaired) electrons. The van der Waals surface area contributed by atoms with Crippen LogP contribution in [0.1, 0.15) is 23.7 Å². The molecule has 1 fully saturated rings. The fraction of sp³-hybridized carbons (Fsp3) is 0.176. The zero-order valence-corrected chi connectivity index (χ0v) is 11.2. The molecule has 4 rings (SSSR count). The number of halogens is 1. The number of aromatic amines is 1. The summed E-state index contributed by atoms with van der Waals surface area (Å²) >= 11 is 0. The molecule has 3 aromatic rings. The minimum absolute atomic E-state index is 0.0728. The first-order valence-electron chi connectivity index (χ1n) is 6.85. The summed E-state index contributed by atoms with van der Waals surface area (Å²) in [7, 11) is 0. The van der Waals surface area contributed by atoms with E-state index in [0.717, 1.165) is 23.0 Å². The number of imidazole rings is 1. The van der Waals surface area contributed by atoms with E-state index in [4.69, 9.17) is 0 Å². The molecule has 0 bridgehead atoms. The Balaban J connectivity index is 1.76. The normalized spacial score (nSPS) is 23.9. The number of H-pyrrole nitrogens is 1. The van der Waals surface area contributed by atoms with Crippen molar-refractivity contribution in [3.05, 3.63) is 65.7 Å². The van der Waals surface area contributed by atoms with Crippen LogP contribution in [0.3, 0.4) is 0 Å². The highest BCUT2D eigenvalue weighted by Crippen LogP contribution is 2.59. The smallest absolute Gasteiger partial charge is 0.128 e. The summed E-state index contributed by atoms with van der Waals surface area (Å²) in [6.45, 7) is 0. The molecule has 2 atom stereocenters. The van der Waals surface area contributed by atoms with E-state index >= 15 is 0 Å². The molecule has 0 unspecified atom stereocenters. The van der Waals surface area contributed by atoms with Crippen LogP contribution in [0.4, 0.5) is 4.39 Å². The standard InChI is InChI=1S/C17H12FN3/c18-12-7-5-11(6-8-12)13-9-17(13,10-19)16-20-14-3-1-2-4-15(14)21-16/h1-8,13H,9H2,(H,20,21)/t13-,17+/m0/s1. The number of benzene rings is 2. The van der Waals surface area contributed by atoms with Crippen molar-refractivity contribution in [2.75, 3.05) is 0 Å². The zero-order chi connectivity index (χ0) is 14.4. The highest BCUT2D eigenvalue weighted by atomic mass is 19.1. The second-order valence-corrected chi connectivity index (χ2v) is 5.49. The molecule has 1 N–H and O–H groups in total. The lowest BCUT2D eigenvalue weighted by molar-refractivity contribution is 0.626. The van der Waals surface area contributed by atoms with Gasteiger partial charge in [0.15, 0.2) is 0 Å². The number of rotatable bonds is 2. The molecule has 1 aliphatic rings. The number of fused-ring (bicyclic) bond motifs is 1. The van der Waals surface area contributed by atoms with Gasteiger partial charge in [-0.25, -0.2) is 9.37 Å². The molecule has 1 saturated carbocycles. The van der Waals surface area contributed by atoms with E-state index in [2.05, 4.69) is 16.0 Å². The van der Waals surface area contributed by atoms with Gasteiger partial charge < -0.3 is 4.98 Å². The zero-order valence-electron chi connectivity index (χ0n) is 11.2. The molecule has 4 heteroatoms. The van der Waals surface area contributed by atoms with E-state index < -0.39 is 5.41 Å².